The van der Waals surface area contributed by atoms with Crippen LogP contribution < -0.4 is 16.4 Å². The molecule has 0 atom stereocenters. The van der Waals surface area contributed by atoms with Crippen LogP contribution in [-0.4, -0.2) is 29.3 Å². The first kappa shape index (κ1) is 18.7. The molecular formula is C19H17BrN4O3. The van der Waals surface area contributed by atoms with E-state index < -0.39 is 11.8 Å². The summed E-state index contributed by atoms with van der Waals surface area (Å²) in [6, 6.07) is 14.2. The molecule has 0 fully saturated rings. The molecule has 0 spiro atoms. The summed E-state index contributed by atoms with van der Waals surface area (Å²) in [5.74, 6) is -1.28. The van der Waals surface area contributed by atoms with Gasteiger partial charge >= 0.3 is 0 Å². The largest absolute Gasteiger partial charge is 0.370 e. The van der Waals surface area contributed by atoms with Crippen molar-refractivity contribution >= 4 is 50.2 Å². The third-order valence-electron chi connectivity index (χ3n) is 3.95. The monoisotopic (exact) mass is 428 g/mol. The fourth-order valence-electron chi connectivity index (χ4n) is 2.63. The molecule has 3 rings (SSSR count). The Kier molecular flexibility index (Phi) is 5.56. The van der Waals surface area contributed by atoms with E-state index in [9.17, 15) is 14.4 Å². The molecule has 2 aromatic carbocycles. The van der Waals surface area contributed by atoms with Crippen molar-refractivity contribution in [3.8, 4) is 0 Å². The standard InChI is InChI=1S/C19H17BrN4O3/c20-16-11-5-1-3-7-13(11)23-17(16)19(27)24-14-8-4-2-6-12(14)18(26)22-10-9-15(21)25/h1-8,23H,9-10H2,(H2,21,25)(H,22,26)(H,24,27). The van der Waals surface area contributed by atoms with Crippen LogP contribution in [0.5, 0.6) is 0 Å². The predicted molar refractivity (Wildman–Crippen MR) is 107 cm³/mol. The molecule has 5 N–H and O–H groups in total. The maximum absolute atomic E-state index is 12.7. The van der Waals surface area contributed by atoms with Gasteiger partial charge in [0, 0.05) is 23.9 Å². The molecule has 27 heavy (non-hydrogen) atoms. The Morgan fingerprint density at radius 2 is 1.70 bits per heavy atom. The van der Waals surface area contributed by atoms with Crippen LogP contribution in [0.1, 0.15) is 27.3 Å². The maximum atomic E-state index is 12.7. The van der Waals surface area contributed by atoms with Gasteiger partial charge in [-0.15, -0.1) is 0 Å². The van der Waals surface area contributed by atoms with E-state index in [1.807, 2.05) is 24.3 Å². The molecule has 1 heterocycles. The number of primary amides is 1. The van der Waals surface area contributed by atoms with Gasteiger partial charge in [0.1, 0.15) is 5.69 Å². The van der Waals surface area contributed by atoms with Crippen LogP contribution in [0, 0.1) is 0 Å². The number of H-pyrrole nitrogens is 1. The van der Waals surface area contributed by atoms with Crippen LogP contribution in [0.15, 0.2) is 53.0 Å². The molecule has 3 amide bonds. The first-order chi connectivity index (χ1) is 13.0. The summed E-state index contributed by atoms with van der Waals surface area (Å²) in [5.41, 5.74) is 6.92. The number of nitrogens with one attached hydrogen (secondary N) is 3. The summed E-state index contributed by atoms with van der Waals surface area (Å²) in [6.45, 7) is 0.129. The van der Waals surface area contributed by atoms with Gasteiger partial charge in [0.25, 0.3) is 11.8 Å². The molecule has 0 saturated carbocycles. The zero-order valence-corrected chi connectivity index (χ0v) is 15.8. The average molecular weight is 429 g/mol. The van der Waals surface area contributed by atoms with Crippen LogP contribution in [0.2, 0.25) is 0 Å². The molecule has 7 nitrogen and oxygen atoms in total. The van der Waals surface area contributed by atoms with E-state index in [0.717, 1.165) is 10.9 Å². The molecule has 0 bridgehead atoms. The molecule has 138 valence electrons. The second kappa shape index (κ2) is 8.05. The van der Waals surface area contributed by atoms with Crippen molar-refractivity contribution in [3.05, 3.63) is 64.3 Å². The number of nitrogens with two attached hydrogens (primary N) is 1. The topological polar surface area (TPSA) is 117 Å². The molecule has 0 aliphatic heterocycles. The van der Waals surface area contributed by atoms with E-state index in [-0.39, 0.29) is 18.9 Å². The second-order valence-corrected chi connectivity index (χ2v) is 6.62. The highest BCUT2D eigenvalue weighted by molar-refractivity contribution is 9.10. The van der Waals surface area contributed by atoms with Gasteiger partial charge in [0.2, 0.25) is 5.91 Å². The average Bonchev–Trinajstić information content (AvgIpc) is 2.99. The number of aromatic nitrogens is 1. The smallest absolute Gasteiger partial charge is 0.273 e. The number of amides is 3. The lowest BCUT2D eigenvalue weighted by Crippen LogP contribution is -2.29. The number of benzene rings is 2. The lowest BCUT2D eigenvalue weighted by Gasteiger charge is -2.11. The molecule has 0 saturated heterocycles. The van der Waals surface area contributed by atoms with Crippen molar-refractivity contribution in [1.82, 2.24) is 10.3 Å². The van der Waals surface area contributed by atoms with Crippen LogP contribution in [0.3, 0.4) is 0 Å². The summed E-state index contributed by atoms with van der Waals surface area (Å²) in [4.78, 5) is 38.9. The van der Waals surface area contributed by atoms with Gasteiger partial charge in [-0.2, -0.15) is 0 Å². The highest BCUT2D eigenvalue weighted by atomic mass is 79.9. The Labute approximate surface area is 163 Å². The van der Waals surface area contributed by atoms with Crippen molar-refractivity contribution < 1.29 is 14.4 Å². The van der Waals surface area contributed by atoms with Crippen molar-refractivity contribution in [3.63, 3.8) is 0 Å². The normalized spacial score (nSPS) is 10.6. The third kappa shape index (κ3) is 4.17. The fraction of sp³-hybridized carbons (Fsp3) is 0.105. The molecular weight excluding hydrogens is 412 g/mol. The number of aromatic amines is 1. The molecule has 3 aromatic rings. The lowest BCUT2D eigenvalue weighted by molar-refractivity contribution is -0.117. The van der Waals surface area contributed by atoms with E-state index in [4.69, 9.17) is 5.73 Å². The maximum Gasteiger partial charge on any atom is 0.273 e. The number of halogens is 1. The minimum Gasteiger partial charge on any atom is -0.370 e. The fourth-order valence-corrected chi connectivity index (χ4v) is 3.26. The van der Waals surface area contributed by atoms with Gasteiger partial charge in [-0.1, -0.05) is 30.3 Å². The summed E-state index contributed by atoms with van der Waals surface area (Å²) in [5, 5.41) is 6.25. The Morgan fingerprint density at radius 3 is 2.44 bits per heavy atom. The molecule has 0 aliphatic carbocycles. The number of para-hydroxylation sites is 2. The van der Waals surface area contributed by atoms with E-state index in [1.165, 1.54) is 0 Å². The zero-order chi connectivity index (χ0) is 19.4. The Morgan fingerprint density at radius 1 is 1.00 bits per heavy atom. The van der Waals surface area contributed by atoms with Gasteiger partial charge in [0.15, 0.2) is 0 Å². The highest BCUT2D eigenvalue weighted by Gasteiger charge is 2.18. The zero-order valence-electron chi connectivity index (χ0n) is 14.2. The van der Waals surface area contributed by atoms with Crippen molar-refractivity contribution in [1.29, 1.82) is 0 Å². The van der Waals surface area contributed by atoms with Gasteiger partial charge in [-0.3, -0.25) is 14.4 Å². The van der Waals surface area contributed by atoms with Gasteiger partial charge in [-0.05, 0) is 34.1 Å². The van der Waals surface area contributed by atoms with Gasteiger partial charge < -0.3 is 21.4 Å². The SMILES string of the molecule is NC(=O)CCNC(=O)c1ccccc1NC(=O)c1[nH]c2ccccc2c1Br. The number of hydrogen-bond donors (Lipinski definition) is 4. The van der Waals surface area contributed by atoms with Crippen LogP contribution in [0.25, 0.3) is 10.9 Å². The summed E-state index contributed by atoms with van der Waals surface area (Å²) < 4.78 is 0.652. The highest BCUT2D eigenvalue weighted by Crippen LogP contribution is 2.28. The summed E-state index contributed by atoms with van der Waals surface area (Å²) >= 11 is 3.45. The van der Waals surface area contributed by atoms with E-state index in [1.54, 1.807) is 24.3 Å². The quantitative estimate of drug-likeness (QED) is 0.483. The Bertz CT molecular complexity index is 1030. The van der Waals surface area contributed by atoms with E-state index in [2.05, 4.69) is 31.5 Å². The van der Waals surface area contributed by atoms with Crippen LogP contribution >= 0.6 is 15.9 Å². The summed E-state index contributed by atoms with van der Waals surface area (Å²) in [7, 11) is 0. The molecule has 8 heteroatoms. The lowest BCUT2D eigenvalue weighted by atomic mass is 10.1. The number of anilines is 1. The summed E-state index contributed by atoms with van der Waals surface area (Å²) in [6.07, 6.45) is 0.0439. The minimum atomic E-state index is -0.499. The Balaban J connectivity index is 1.81. The van der Waals surface area contributed by atoms with E-state index >= 15 is 0 Å². The van der Waals surface area contributed by atoms with Crippen molar-refractivity contribution in [2.75, 3.05) is 11.9 Å². The number of hydrogen-bond acceptors (Lipinski definition) is 3. The van der Waals surface area contributed by atoms with Crippen LogP contribution in [-0.2, 0) is 4.79 Å². The predicted octanol–water partition coefficient (Wildman–Crippen LogP) is 2.79. The second-order valence-electron chi connectivity index (χ2n) is 5.83. The van der Waals surface area contributed by atoms with Gasteiger partial charge in [-0.25, -0.2) is 0 Å². The van der Waals surface area contributed by atoms with E-state index in [0.29, 0.717) is 21.4 Å². The van der Waals surface area contributed by atoms with Gasteiger partial charge in [0.05, 0.1) is 15.7 Å². The number of rotatable bonds is 6. The number of carbonyl (C=O) groups is 3. The molecule has 0 unspecified atom stereocenters. The molecule has 0 aliphatic rings. The first-order valence-corrected chi connectivity index (χ1v) is 8.99. The third-order valence-corrected chi connectivity index (χ3v) is 4.77. The van der Waals surface area contributed by atoms with Crippen molar-refractivity contribution in [2.24, 2.45) is 5.73 Å². The number of fused-ring (bicyclic) bond motifs is 1. The Hall–Kier alpha value is -3.13. The molecule has 0 radical (unpaired) electrons. The van der Waals surface area contributed by atoms with Crippen molar-refractivity contribution in [2.45, 2.75) is 6.42 Å². The van der Waals surface area contributed by atoms with Crippen LogP contribution in [0.4, 0.5) is 5.69 Å². The minimum absolute atomic E-state index is 0.0439. The number of carbonyl (C=O) groups excluding carboxylic acids is 3. The molecule has 1 aromatic heterocycles. The first-order valence-electron chi connectivity index (χ1n) is 8.20.